The van der Waals surface area contributed by atoms with Gasteiger partial charge in [0.05, 0.1) is 0 Å². The summed E-state index contributed by atoms with van der Waals surface area (Å²) in [5.41, 5.74) is 8.29. The molecule has 0 saturated heterocycles. The molecule has 2 aromatic rings. The highest BCUT2D eigenvalue weighted by Gasteiger charge is 2.05. The van der Waals surface area contributed by atoms with Crippen molar-refractivity contribution in [2.24, 2.45) is 0 Å². The van der Waals surface area contributed by atoms with Crippen molar-refractivity contribution < 1.29 is 9.90 Å². The van der Waals surface area contributed by atoms with Crippen molar-refractivity contribution in [3.05, 3.63) is 65.7 Å². The van der Waals surface area contributed by atoms with Crippen molar-refractivity contribution >= 4 is 23.4 Å². The van der Waals surface area contributed by atoms with Crippen LogP contribution in [-0.4, -0.2) is 12.5 Å². The summed E-state index contributed by atoms with van der Waals surface area (Å²) in [4.78, 5) is 12.0. The van der Waals surface area contributed by atoms with Gasteiger partial charge in [-0.25, -0.2) is 5.11 Å². The van der Waals surface area contributed by atoms with Gasteiger partial charge in [-0.15, -0.1) is 0 Å². The summed E-state index contributed by atoms with van der Waals surface area (Å²) >= 11 is 0. The fourth-order valence-corrected chi connectivity index (χ4v) is 1.74. The minimum atomic E-state index is -0.262. The number of carbonyl (C=O) groups is 1. The second kappa shape index (κ2) is 6.54. The maximum absolute atomic E-state index is 12.0. The number of nitrogens with one attached hydrogen (secondary N) is 1. The highest BCUT2D eigenvalue weighted by atomic mass is 16.2. The van der Waals surface area contributed by atoms with E-state index < -0.39 is 0 Å². The van der Waals surface area contributed by atoms with E-state index in [2.05, 4.69) is 5.32 Å². The molecule has 1 radical (unpaired) electrons. The molecule has 3 N–H and O–H groups in total. The molecule has 0 aliphatic rings. The first kappa shape index (κ1) is 13.8. The number of hydrogen-bond donors (Lipinski definition) is 2. The number of nitrogens with two attached hydrogens (primary N) is 1. The summed E-state index contributed by atoms with van der Waals surface area (Å²) in [5, 5.41) is 13.2. The first-order valence-corrected chi connectivity index (χ1v) is 6.20. The molecule has 20 heavy (non-hydrogen) atoms. The Morgan fingerprint density at radius 1 is 1.15 bits per heavy atom. The molecule has 0 saturated carbocycles. The Hall–Kier alpha value is -2.59. The van der Waals surface area contributed by atoms with Crippen LogP contribution in [0.4, 0.5) is 11.4 Å². The highest BCUT2D eigenvalue weighted by Crippen LogP contribution is 2.14. The monoisotopic (exact) mass is 267 g/mol. The van der Waals surface area contributed by atoms with Crippen LogP contribution in [0, 0.1) is 0 Å². The molecular weight excluding hydrogens is 252 g/mol. The second-order valence-electron chi connectivity index (χ2n) is 4.27. The first-order valence-electron chi connectivity index (χ1n) is 6.20. The van der Waals surface area contributed by atoms with E-state index in [1.807, 2.05) is 12.1 Å². The lowest BCUT2D eigenvalue weighted by molar-refractivity contribution is 0.102. The van der Waals surface area contributed by atoms with Gasteiger partial charge in [-0.1, -0.05) is 24.3 Å². The molecule has 2 rings (SSSR count). The van der Waals surface area contributed by atoms with Crippen LogP contribution >= 0.6 is 0 Å². The fraction of sp³-hybridized carbons (Fsp3) is 0.0625. The summed E-state index contributed by atoms with van der Waals surface area (Å²) < 4.78 is 0. The molecule has 0 aromatic heterocycles. The Balaban J connectivity index is 2.11. The Labute approximate surface area is 117 Å². The van der Waals surface area contributed by atoms with Crippen LogP contribution in [0.5, 0.6) is 0 Å². The van der Waals surface area contributed by atoms with Crippen molar-refractivity contribution in [2.75, 3.05) is 17.7 Å². The van der Waals surface area contributed by atoms with E-state index in [0.29, 0.717) is 16.9 Å². The lowest BCUT2D eigenvalue weighted by atomic mass is 10.1. The van der Waals surface area contributed by atoms with Gasteiger partial charge in [0.15, 0.2) is 0 Å². The van der Waals surface area contributed by atoms with Gasteiger partial charge in [-0.3, -0.25) is 4.79 Å². The maximum Gasteiger partial charge on any atom is 0.255 e. The van der Waals surface area contributed by atoms with Gasteiger partial charge in [0, 0.05) is 16.9 Å². The van der Waals surface area contributed by atoms with E-state index in [-0.39, 0.29) is 12.5 Å². The van der Waals surface area contributed by atoms with Crippen molar-refractivity contribution in [1.29, 1.82) is 0 Å². The quantitative estimate of drug-likeness (QED) is 0.836. The van der Waals surface area contributed by atoms with E-state index >= 15 is 0 Å². The molecule has 0 unspecified atom stereocenters. The minimum Gasteiger partial charge on any atom is -0.399 e. The Kier molecular flexibility index (Phi) is 4.52. The summed E-state index contributed by atoms with van der Waals surface area (Å²) in [6.45, 7) is -0.262. The number of nitrogen functional groups attached to an aromatic ring is 1. The second-order valence-corrected chi connectivity index (χ2v) is 4.27. The number of amides is 1. The third-order valence-electron chi connectivity index (χ3n) is 2.72. The van der Waals surface area contributed by atoms with Gasteiger partial charge in [-0.2, -0.15) is 0 Å². The molecule has 0 aliphatic carbocycles. The zero-order chi connectivity index (χ0) is 14.4. The van der Waals surface area contributed by atoms with Gasteiger partial charge in [0.1, 0.15) is 6.61 Å². The normalized spacial score (nSPS) is 10.7. The zero-order valence-electron chi connectivity index (χ0n) is 10.9. The molecule has 0 heterocycles. The number of carbonyl (C=O) groups excluding carboxylic acids is 1. The van der Waals surface area contributed by atoms with Crippen LogP contribution in [0.1, 0.15) is 15.9 Å². The van der Waals surface area contributed by atoms with Crippen molar-refractivity contribution in [1.82, 2.24) is 0 Å². The van der Waals surface area contributed by atoms with Crippen molar-refractivity contribution in [3.8, 4) is 0 Å². The predicted molar refractivity (Wildman–Crippen MR) is 79.8 cm³/mol. The molecular formula is C16H15N2O2. The predicted octanol–water partition coefficient (Wildman–Crippen LogP) is 2.96. The third kappa shape index (κ3) is 3.70. The minimum absolute atomic E-state index is 0.199. The van der Waals surface area contributed by atoms with E-state index in [1.165, 1.54) is 6.08 Å². The number of rotatable bonds is 4. The number of benzene rings is 2. The summed E-state index contributed by atoms with van der Waals surface area (Å²) in [6, 6.07) is 14.0. The van der Waals surface area contributed by atoms with E-state index in [0.717, 1.165) is 5.56 Å². The SMILES string of the molecule is Nc1ccc(C(=O)Nc2cccc(/C=C/C[O])c2)cc1. The molecule has 0 fully saturated rings. The van der Waals surface area contributed by atoms with E-state index in [1.54, 1.807) is 42.5 Å². The molecule has 0 atom stereocenters. The maximum atomic E-state index is 12.0. The molecule has 101 valence electrons. The molecule has 2 aromatic carbocycles. The Morgan fingerprint density at radius 3 is 2.60 bits per heavy atom. The van der Waals surface area contributed by atoms with Crippen molar-refractivity contribution in [3.63, 3.8) is 0 Å². The van der Waals surface area contributed by atoms with E-state index in [9.17, 15) is 9.90 Å². The zero-order valence-corrected chi connectivity index (χ0v) is 10.9. The molecule has 1 amide bonds. The summed E-state index contributed by atoms with van der Waals surface area (Å²) in [5.74, 6) is -0.199. The third-order valence-corrected chi connectivity index (χ3v) is 2.72. The Bertz CT molecular complexity index is 619. The molecule has 4 nitrogen and oxygen atoms in total. The summed E-state index contributed by atoms with van der Waals surface area (Å²) in [7, 11) is 0. The summed E-state index contributed by atoms with van der Waals surface area (Å²) in [6.07, 6.45) is 3.26. The van der Waals surface area contributed by atoms with Crippen LogP contribution in [0.3, 0.4) is 0 Å². The lowest BCUT2D eigenvalue weighted by Gasteiger charge is -2.06. The lowest BCUT2D eigenvalue weighted by Crippen LogP contribution is -2.11. The van der Waals surface area contributed by atoms with Crippen molar-refractivity contribution in [2.45, 2.75) is 0 Å². The highest BCUT2D eigenvalue weighted by molar-refractivity contribution is 6.04. The van der Waals surface area contributed by atoms with Gasteiger partial charge >= 0.3 is 0 Å². The van der Waals surface area contributed by atoms with Crippen LogP contribution in [0.2, 0.25) is 0 Å². The molecule has 0 bridgehead atoms. The largest absolute Gasteiger partial charge is 0.399 e. The van der Waals surface area contributed by atoms with Gasteiger partial charge in [0.2, 0.25) is 0 Å². The number of anilines is 2. The van der Waals surface area contributed by atoms with Crippen LogP contribution in [0.15, 0.2) is 54.6 Å². The first-order chi connectivity index (χ1) is 9.69. The fourth-order valence-electron chi connectivity index (χ4n) is 1.74. The van der Waals surface area contributed by atoms with E-state index in [4.69, 9.17) is 5.73 Å². The average molecular weight is 267 g/mol. The molecule has 4 heteroatoms. The smallest absolute Gasteiger partial charge is 0.255 e. The molecule has 0 aliphatic heterocycles. The van der Waals surface area contributed by atoms with Gasteiger partial charge < -0.3 is 11.1 Å². The number of hydrogen-bond acceptors (Lipinski definition) is 2. The van der Waals surface area contributed by atoms with Gasteiger partial charge in [0.25, 0.3) is 5.91 Å². The molecule has 0 spiro atoms. The van der Waals surface area contributed by atoms with Crippen LogP contribution < -0.4 is 11.1 Å². The Morgan fingerprint density at radius 2 is 1.90 bits per heavy atom. The standard InChI is InChI=1S/C16H15N2O2/c17-14-8-6-13(7-9-14)16(20)18-15-5-1-3-12(11-15)4-2-10-19/h1-9,11H,10,17H2,(H,18,20)/b4-2+. The topological polar surface area (TPSA) is 75.0 Å². The van der Waals surface area contributed by atoms with Crippen LogP contribution in [-0.2, 0) is 5.11 Å². The average Bonchev–Trinajstić information content (AvgIpc) is 2.46. The van der Waals surface area contributed by atoms with Gasteiger partial charge in [-0.05, 0) is 42.0 Å². The van der Waals surface area contributed by atoms with Crippen LogP contribution in [0.25, 0.3) is 6.08 Å².